The second-order valence-electron chi connectivity index (χ2n) is 3.41. The van der Waals surface area contributed by atoms with Gasteiger partial charge in [-0.05, 0) is 12.1 Å². The van der Waals surface area contributed by atoms with Crippen molar-refractivity contribution in [1.82, 2.24) is 4.98 Å². The monoisotopic (exact) mass is 281 g/mol. The molecule has 0 saturated carbocycles. The van der Waals surface area contributed by atoms with Gasteiger partial charge in [-0.25, -0.2) is 9.78 Å². The first-order valence-corrected chi connectivity index (χ1v) is 4.90. The Hall–Kier alpha value is -1.91. The molecule has 1 N–H and O–H groups in total. The molecule has 2 aromatic rings. The van der Waals surface area contributed by atoms with E-state index in [1.165, 1.54) is 12.1 Å². The van der Waals surface area contributed by atoms with Gasteiger partial charge in [0.1, 0.15) is 5.75 Å². The van der Waals surface area contributed by atoms with E-state index in [-0.39, 0.29) is 30.2 Å². The molecule has 0 aliphatic rings. The molecule has 5 nitrogen and oxygen atoms in total. The van der Waals surface area contributed by atoms with Gasteiger partial charge in [-0.3, -0.25) is 0 Å². The number of nitrogens with zero attached hydrogens (tertiary/aromatic N) is 1. The zero-order valence-corrected chi connectivity index (χ0v) is 9.14. The third-order valence-corrected chi connectivity index (χ3v) is 2.04. The second-order valence-corrected chi connectivity index (χ2v) is 3.41. The van der Waals surface area contributed by atoms with Gasteiger partial charge < -0.3 is 14.3 Å². The Bertz CT molecular complexity index is 612. The first-order valence-electron chi connectivity index (χ1n) is 4.90. The number of carboxylic acids is 1. The summed E-state index contributed by atoms with van der Waals surface area (Å²) >= 11 is 0. The Kier molecular flexibility index (Phi) is 4.86. The van der Waals surface area contributed by atoms with Crippen molar-refractivity contribution in [2.24, 2.45) is 0 Å². The Morgan fingerprint density at radius 2 is 2.05 bits per heavy atom. The van der Waals surface area contributed by atoms with Crippen LogP contribution in [0.3, 0.4) is 0 Å². The molecule has 0 saturated heterocycles. The maximum atomic E-state index is 12.0. The Labute approximate surface area is 122 Å². The van der Waals surface area contributed by atoms with Gasteiger partial charge in [-0.15, -0.1) is 13.2 Å². The van der Waals surface area contributed by atoms with Gasteiger partial charge in [0.15, 0.2) is 5.76 Å². The molecule has 20 heavy (non-hydrogen) atoms. The van der Waals surface area contributed by atoms with Gasteiger partial charge in [0.2, 0.25) is 0 Å². The fourth-order valence-electron chi connectivity index (χ4n) is 1.35. The minimum absolute atomic E-state index is 0. The minimum atomic E-state index is -4.80. The van der Waals surface area contributed by atoms with Crippen molar-refractivity contribution >= 4 is 24.8 Å². The predicted octanol–water partition coefficient (Wildman–Crippen LogP) is 2.29. The van der Waals surface area contributed by atoms with Crippen LogP contribution in [0.2, 0.25) is 0 Å². The number of aromatic nitrogens is 1. The molecule has 0 bridgehead atoms. The summed E-state index contributed by atoms with van der Waals surface area (Å²) in [6, 6.07) is 4.94. The van der Waals surface area contributed by atoms with Crippen LogP contribution in [-0.2, 0) is 0 Å². The third kappa shape index (κ3) is 4.05. The summed E-state index contributed by atoms with van der Waals surface area (Å²) in [5.41, 5.74) is 0.224. The van der Waals surface area contributed by atoms with Crippen LogP contribution in [0.5, 0.6) is 5.75 Å². The van der Waals surface area contributed by atoms with E-state index in [1.54, 1.807) is 0 Å². The molecule has 0 spiro atoms. The molecule has 102 valence electrons. The number of carboxylic acid groups (broad SMARTS) is 1. The first-order chi connectivity index (χ1) is 8.85. The summed E-state index contributed by atoms with van der Waals surface area (Å²) in [5, 5.41) is 8.62. The SMILES string of the molecule is O=C(O)c1ncc(-c2cccc(OC(F)(F)F)c2)o1.[LiH]. The summed E-state index contributed by atoms with van der Waals surface area (Å²) in [6.45, 7) is 0. The number of hydrogen-bond acceptors (Lipinski definition) is 4. The van der Waals surface area contributed by atoms with E-state index in [0.717, 1.165) is 18.3 Å². The van der Waals surface area contributed by atoms with E-state index in [2.05, 4.69) is 9.72 Å². The number of rotatable bonds is 3. The predicted molar refractivity (Wildman–Crippen MR) is 62.7 cm³/mol. The molecule has 0 aliphatic heterocycles. The van der Waals surface area contributed by atoms with Crippen molar-refractivity contribution in [1.29, 1.82) is 0 Å². The number of carbonyl (C=O) groups is 1. The average Bonchev–Trinajstić information content (AvgIpc) is 2.76. The number of hydrogen-bond donors (Lipinski definition) is 1. The van der Waals surface area contributed by atoms with Crippen molar-refractivity contribution < 1.29 is 32.2 Å². The van der Waals surface area contributed by atoms with Crippen LogP contribution in [0.1, 0.15) is 10.7 Å². The van der Waals surface area contributed by atoms with E-state index < -0.39 is 24.0 Å². The third-order valence-electron chi connectivity index (χ3n) is 2.04. The molecule has 0 fully saturated rings. The molecule has 9 heteroatoms. The molecule has 2 rings (SSSR count). The molecule has 0 radical (unpaired) electrons. The van der Waals surface area contributed by atoms with Crippen LogP contribution in [0, 0.1) is 0 Å². The number of benzene rings is 1. The molecule has 1 aromatic heterocycles. The fourth-order valence-corrected chi connectivity index (χ4v) is 1.35. The molecule has 0 atom stereocenters. The molecule has 0 unspecified atom stereocenters. The summed E-state index contributed by atoms with van der Waals surface area (Å²) in [7, 11) is 0. The summed E-state index contributed by atoms with van der Waals surface area (Å²) in [6.07, 6.45) is -3.69. The maximum absolute atomic E-state index is 12.0. The van der Waals surface area contributed by atoms with Crippen molar-refractivity contribution in [3.63, 3.8) is 0 Å². The quantitative estimate of drug-likeness (QED) is 0.874. The van der Waals surface area contributed by atoms with E-state index in [0.29, 0.717) is 0 Å². The topological polar surface area (TPSA) is 72.6 Å². The van der Waals surface area contributed by atoms with Crippen molar-refractivity contribution in [2.45, 2.75) is 6.36 Å². The normalized spacial score (nSPS) is 10.8. The number of ether oxygens (including phenoxy) is 1. The van der Waals surface area contributed by atoms with E-state index in [1.807, 2.05) is 0 Å². The molecular formula is C11H7F3LiNO4. The van der Waals surface area contributed by atoms with Crippen LogP contribution in [-0.4, -0.2) is 41.3 Å². The summed E-state index contributed by atoms with van der Waals surface area (Å²) in [4.78, 5) is 14.0. The van der Waals surface area contributed by atoms with Gasteiger partial charge in [0.25, 0.3) is 0 Å². The Morgan fingerprint density at radius 1 is 1.35 bits per heavy atom. The second kappa shape index (κ2) is 6.03. The average molecular weight is 281 g/mol. The molecular weight excluding hydrogens is 274 g/mol. The van der Waals surface area contributed by atoms with Crippen LogP contribution < -0.4 is 4.74 Å². The van der Waals surface area contributed by atoms with Gasteiger partial charge in [-0.2, -0.15) is 0 Å². The first kappa shape index (κ1) is 16.1. The number of halogens is 3. The molecule has 0 aliphatic carbocycles. The van der Waals surface area contributed by atoms with Gasteiger partial charge in [0, 0.05) is 5.56 Å². The van der Waals surface area contributed by atoms with Crippen LogP contribution in [0.4, 0.5) is 13.2 Å². The number of aromatic carboxylic acids is 1. The van der Waals surface area contributed by atoms with E-state index in [4.69, 9.17) is 9.52 Å². The standard InChI is InChI=1S/C11H6F3NO4.Li.H/c12-11(13,14)19-7-3-1-2-6(4-7)8-5-15-9(18-8)10(16)17;;/h1-5H,(H,16,17);;. The molecule has 1 aromatic carbocycles. The fraction of sp³-hybridized carbons (Fsp3) is 0.0909. The molecule has 0 amide bonds. The zero-order valence-electron chi connectivity index (χ0n) is 9.14. The van der Waals surface area contributed by atoms with Gasteiger partial charge in [0.05, 0.1) is 6.20 Å². The Morgan fingerprint density at radius 3 is 2.60 bits per heavy atom. The zero-order chi connectivity index (χ0) is 14.0. The van der Waals surface area contributed by atoms with Crippen LogP contribution in [0.25, 0.3) is 11.3 Å². The van der Waals surface area contributed by atoms with Crippen LogP contribution in [0.15, 0.2) is 34.9 Å². The Balaban J connectivity index is 0.00000200. The van der Waals surface area contributed by atoms with Crippen molar-refractivity contribution in [3.05, 3.63) is 36.4 Å². The van der Waals surface area contributed by atoms with E-state index in [9.17, 15) is 18.0 Å². The van der Waals surface area contributed by atoms with Crippen LogP contribution >= 0.6 is 0 Å². The van der Waals surface area contributed by atoms with Crippen molar-refractivity contribution in [3.8, 4) is 17.1 Å². The summed E-state index contributed by atoms with van der Waals surface area (Å²) in [5.74, 6) is -2.31. The number of oxazole rings is 1. The summed E-state index contributed by atoms with van der Waals surface area (Å²) < 4.78 is 44.8. The number of alkyl halides is 3. The van der Waals surface area contributed by atoms with E-state index >= 15 is 0 Å². The van der Waals surface area contributed by atoms with Gasteiger partial charge in [-0.1, -0.05) is 12.1 Å². The van der Waals surface area contributed by atoms with Gasteiger partial charge >= 0.3 is 37.1 Å². The van der Waals surface area contributed by atoms with Crippen molar-refractivity contribution in [2.75, 3.05) is 0 Å². The molecule has 1 heterocycles.